The number of aromatic nitrogens is 1. The van der Waals surface area contributed by atoms with Crippen molar-refractivity contribution >= 4 is 29.5 Å². The summed E-state index contributed by atoms with van der Waals surface area (Å²) in [7, 11) is 0. The molecule has 0 saturated carbocycles. The van der Waals surface area contributed by atoms with Gasteiger partial charge in [0, 0.05) is 41.4 Å². The maximum Gasteiger partial charge on any atom is 0.322 e. The maximum atomic E-state index is 13.5. The number of amides is 2. The highest BCUT2D eigenvalue weighted by Gasteiger charge is 2.29. The zero-order valence-corrected chi connectivity index (χ0v) is 22.0. The lowest BCUT2D eigenvalue weighted by Crippen LogP contribution is -2.37. The second kappa shape index (κ2) is 11.6. The monoisotopic (exact) mass is 535 g/mol. The van der Waals surface area contributed by atoms with Crippen LogP contribution in [0.2, 0.25) is 0 Å². The summed E-state index contributed by atoms with van der Waals surface area (Å²) in [5.41, 5.74) is 2.76. The normalized spacial score (nSPS) is 12.2. The van der Waals surface area contributed by atoms with Crippen LogP contribution in [0.1, 0.15) is 51.4 Å². The van der Waals surface area contributed by atoms with E-state index in [0.29, 0.717) is 47.0 Å². The van der Waals surface area contributed by atoms with Crippen LogP contribution in [0.5, 0.6) is 5.75 Å². The van der Waals surface area contributed by atoms with Crippen molar-refractivity contribution in [2.45, 2.75) is 31.9 Å². The Balaban J connectivity index is 1.81. The molecule has 1 aromatic heterocycles. The maximum absolute atomic E-state index is 13.5. The van der Waals surface area contributed by atoms with Gasteiger partial charge in [-0.05, 0) is 36.6 Å². The number of fused-ring (bicyclic) bond motifs is 1. The van der Waals surface area contributed by atoms with E-state index in [0.717, 1.165) is 11.1 Å². The quantitative estimate of drug-likeness (QED) is 0.383. The van der Waals surface area contributed by atoms with E-state index in [2.05, 4.69) is 5.32 Å². The van der Waals surface area contributed by atoms with Crippen molar-refractivity contribution in [2.24, 2.45) is 0 Å². The van der Waals surface area contributed by atoms with Crippen LogP contribution in [0.15, 0.2) is 53.3 Å². The van der Waals surface area contributed by atoms with Gasteiger partial charge in [-0.15, -0.1) is 0 Å². The van der Waals surface area contributed by atoms with E-state index in [4.69, 9.17) is 5.11 Å². The number of aliphatic carboxylic acids is 1. The summed E-state index contributed by atoms with van der Waals surface area (Å²) in [6.45, 7) is 4.33. The van der Waals surface area contributed by atoms with E-state index in [-0.39, 0.29) is 12.5 Å². The van der Waals surface area contributed by atoms with Gasteiger partial charge in [-0.25, -0.2) is 0 Å². The molecule has 2 aromatic carbocycles. The SMILES string of the molecule is CCN(CC)C(=O)c1cc(Cn2c3c(c(O)c(C(=O)NCC(=O)O)c2=O)CSC3)ccc1-c1ccccc1. The Labute approximate surface area is 224 Å². The molecule has 1 aliphatic heterocycles. The first-order valence-electron chi connectivity index (χ1n) is 12.3. The van der Waals surface area contributed by atoms with Crippen molar-refractivity contribution in [3.05, 3.63) is 86.8 Å². The van der Waals surface area contributed by atoms with Gasteiger partial charge in [0.25, 0.3) is 17.4 Å². The fraction of sp³-hybridized carbons (Fsp3) is 0.286. The van der Waals surface area contributed by atoms with E-state index in [1.807, 2.05) is 56.3 Å². The molecule has 9 nitrogen and oxygen atoms in total. The average Bonchev–Trinajstić information content (AvgIpc) is 3.41. The van der Waals surface area contributed by atoms with E-state index in [9.17, 15) is 24.3 Å². The Kier molecular flexibility index (Phi) is 8.21. The van der Waals surface area contributed by atoms with Crippen molar-refractivity contribution in [3.8, 4) is 16.9 Å². The number of carbonyl (C=O) groups is 3. The van der Waals surface area contributed by atoms with E-state index < -0.39 is 35.3 Å². The first-order chi connectivity index (χ1) is 18.3. The minimum atomic E-state index is -1.27. The van der Waals surface area contributed by atoms with Crippen LogP contribution in [0.25, 0.3) is 11.1 Å². The lowest BCUT2D eigenvalue weighted by Gasteiger charge is -2.22. The van der Waals surface area contributed by atoms with Gasteiger partial charge in [-0.1, -0.05) is 42.5 Å². The second-order valence-corrected chi connectivity index (χ2v) is 9.82. The van der Waals surface area contributed by atoms with Crippen LogP contribution in [-0.4, -0.2) is 57.1 Å². The number of hydrogen-bond donors (Lipinski definition) is 3. The Morgan fingerprint density at radius 2 is 1.76 bits per heavy atom. The Bertz CT molecular complexity index is 1450. The molecule has 10 heteroatoms. The Hall–Kier alpha value is -4.05. The predicted molar refractivity (Wildman–Crippen MR) is 146 cm³/mol. The lowest BCUT2D eigenvalue weighted by molar-refractivity contribution is -0.135. The molecule has 0 unspecified atom stereocenters. The molecule has 198 valence electrons. The molecule has 1 aliphatic rings. The molecule has 0 fully saturated rings. The van der Waals surface area contributed by atoms with E-state index in [1.165, 1.54) is 16.3 Å². The first kappa shape index (κ1) is 27.0. The fourth-order valence-corrected chi connectivity index (χ4v) is 5.72. The third-order valence-electron chi connectivity index (χ3n) is 6.56. The van der Waals surface area contributed by atoms with E-state index in [1.54, 1.807) is 11.0 Å². The van der Waals surface area contributed by atoms with Gasteiger partial charge in [0.05, 0.1) is 6.54 Å². The molecule has 0 radical (unpaired) electrons. The highest BCUT2D eigenvalue weighted by atomic mass is 32.2. The van der Waals surface area contributed by atoms with Gasteiger partial charge in [-0.3, -0.25) is 19.2 Å². The second-order valence-electron chi connectivity index (χ2n) is 8.83. The molecular formula is C28H29N3O6S. The average molecular weight is 536 g/mol. The number of pyridine rings is 1. The van der Waals surface area contributed by atoms with Gasteiger partial charge in [0.15, 0.2) is 0 Å². The van der Waals surface area contributed by atoms with Crippen molar-refractivity contribution < 1.29 is 24.6 Å². The summed E-state index contributed by atoms with van der Waals surface area (Å²) < 4.78 is 1.44. The van der Waals surface area contributed by atoms with Crippen LogP contribution >= 0.6 is 11.8 Å². The minimum absolute atomic E-state index is 0.0782. The number of carboxylic acid groups (broad SMARTS) is 1. The zero-order chi connectivity index (χ0) is 27.4. The molecule has 3 N–H and O–H groups in total. The van der Waals surface area contributed by atoms with Crippen molar-refractivity contribution in [3.63, 3.8) is 0 Å². The molecule has 0 spiro atoms. The molecule has 0 aliphatic carbocycles. The van der Waals surface area contributed by atoms with Crippen LogP contribution in [0.4, 0.5) is 0 Å². The molecular weight excluding hydrogens is 506 g/mol. The largest absolute Gasteiger partial charge is 0.507 e. The van der Waals surface area contributed by atoms with Gasteiger partial charge >= 0.3 is 5.97 Å². The molecule has 0 saturated heterocycles. The van der Waals surface area contributed by atoms with Crippen molar-refractivity contribution in [1.29, 1.82) is 0 Å². The Morgan fingerprint density at radius 3 is 2.42 bits per heavy atom. The van der Waals surface area contributed by atoms with Crippen molar-refractivity contribution in [1.82, 2.24) is 14.8 Å². The number of carbonyl (C=O) groups excluding carboxylic acids is 2. The molecule has 2 amide bonds. The summed E-state index contributed by atoms with van der Waals surface area (Å²) in [6, 6.07) is 15.1. The number of carboxylic acids is 1. The third kappa shape index (κ3) is 5.31. The molecule has 2 heterocycles. The van der Waals surface area contributed by atoms with Crippen LogP contribution in [0.3, 0.4) is 0 Å². The zero-order valence-electron chi connectivity index (χ0n) is 21.2. The van der Waals surface area contributed by atoms with Gasteiger partial charge < -0.3 is 25.0 Å². The number of thioether (sulfide) groups is 1. The Morgan fingerprint density at radius 1 is 1.05 bits per heavy atom. The van der Waals surface area contributed by atoms with Crippen LogP contribution < -0.4 is 10.9 Å². The topological polar surface area (TPSA) is 129 Å². The molecule has 4 rings (SSSR count). The highest BCUT2D eigenvalue weighted by molar-refractivity contribution is 7.98. The number of aromatic hydroxyl groups is 1. The van der Waals surface area contributed by atoms with Gasteiger partial charge in [-0.2, -0.15) is 11.8 Å². The molecule has 3 aromatic rings. The molecule has 38 heavy (non-hydrogen) atoms. The number of nitrogens with one attached hydrogen (secondary N) is 1. The first-order valence-corrected chi connectivity index (χ1v) is 13.4. The minimum Gasteiger partial charge on any atom is -0.507 e. The smallest absolute Gasteiger partial charge is 0.322 e. The summed E-state index contributed by atoms with van der Waals surface area (Å²) in [6.07, 6.45) is 0. The summed E-state index contributed by atoms with van der Waals surface area (Å²) in [5, 5.41) is 21.8. The van der Waals surface area contributed by atoms with Gasteiger partial charge in [0.1, 0.15) is 17.9 Å². The van der Waals surface area contributed by atoms with E-state index >= 15 is 0 Å². The molecule has 0 atom stereocenters. The van der Waals surface area contributed by atoms with Crippen molar-refractivity contribution in [2.75, 3.05) is 19.6 Å². The number of hydrogen-bond acceptors (Lipinski definition) is 6. The molecule has 0 bridgehead atoms. The number of benzene rings is 2. The third-order valence-corrected chi connectivity index (χ3v) is 7.53. The lowest BCUT2D eigenvalue weighted by atomic mass is 9.96. The highest BCUT2D eigenvalue weighted by Crippen LogP contribution is 2.37. The number of rotatable bonds is 9. The number of nitrogens with zero attached hydrogens (tertiary/aromatic N) is 2. The standard InChI is InChI=1S/C28H29N3O6S/c1-3-30(4-2)27(36)20-12-17(10-11-19(20)18-8-6-5-7-9-18)14-31-22-16-38-15-21(22)25(34)24(28(31)37)26(35)29-13-23(32)33/h5-12,34H,3-4,13-16H2,1-2H3,(H,29,35)(H,32,33). The van der Waals surface area contributed by atoms with Crippen LogP contribution in [0, 0.1) is 0 Å². The summed E-state index contributed by atoms with van der Waals surface area (Å²) in [4.78, 5) is 52.3. The van der Waals surface area contributed by atoms with Crippen LogP contribution in [-0.2, 0) is 22.8 Å². The summed E-state index contributed by atoms with van der Waals surface area (Å²) >= 11 is 1.50. The summed E-state index contributed by atoms with van der Waals surface area (Å²) in [5.74, 6) is -1.85. The fourth-order valence-electron chi connectivity index (χ4n) is 4.59. The predicted octanol–water partition coefficient (Wildman–Crippen LogP) is 3.31. The van der Waals surface area contributed by atoms with Gasteiger partial charge in [0.2, 0.25) is 0 Å².